The van der Waals surface area contributed by atoms with Gasteiger partial charge >= 0.3 is 14.8 Å². The van der Waals surface area contributed by atoms with Crippen LogP contribution in [0.5, 0.6) is 0 Å². The summed E-state index contributed by atoms with van der Waals surface area (Å²) in [5, 5.41) is -0.218. The van der Waals surface area contributed by atoms with Crippen LogP contribution in [0.4, 0.5) is 0 Å². The van der Waals surface area contributed by atoms with Gasteiger partial charge in [-0.2, -0.15) is 0 Å². The van der Waals surface area contributed by atoms with Gasteiger partial charge in [0.25, 0.3) is 0 Å². The molecule has 1 atom stereocenters. The maximum absolute atomic E-state index is 6.28. The molecule has 0 bridgehead atoms. The molecule has 0 fully saturated rings. The molecule has 0 aliphatic heterocycles. The van der Waals surface area contributed by atoms with Gasteiger partial charge in [0, 0.05) is 21.3 Å². The second-order valence-corrected chi connectivity index (χ2v) is 18.2. The average Bonchev–Trinajstić information content (AvgIpc) is 2.48. The molecule has 0 radical (unpaired) electrons. The zero-order valence-corrected chi connectivity index (χ0v) is 18.6. The highest BCUT2D eigenvalue weighted by molar-refractivity contribution is 7.66. The lowest BCUT2D eigenvalue weighted by Gasteiger charge is -2.35. The van der Waals surface area contributed by atoms with E-state index in [1.165, 1.54) is 38.5 Å². The molecule has 8 heteroatoms. The topological polar surface area (TPSA) is 27.7 Å². The molecule has 22 heavy (non-hydrogen) atoms. The maximum Gasteiger partial charge on any atom is 0.504 e. The summed E-state index contributed by atoms with van der Waals surface area (Å²) in [6.45, 7) is 2.23. The average molecular weight is 410 g/mol. The highest BCUT2D eigenvalue weighted by Gasteiger charge is 2.57. The van der Waals surface area contributed by atoms with Crippen molar-refractivity contribution in [3.8, 4) is 0 Å². The highest BCUT2D eigenvalue weighted by Crippen LogP contribution is 2.44. The van der Waals surface area contributed by atoms with E-state index in [1.54, 1.807) is 21.3 Å². The highest BCUT2D eigenvalue weighted by atomic mass is 35.8. The predicted molar refractivity (Wildman–Crippen MR) is 101 cm³/mol. The molecule has 0 saturated carbocycles. The largest absolute Gasteiger partial charge is 0.504 e. The Hall–Kier alpha value is 1.18. The van der Waals surface area contributed by atoms with E-state index < -0.39 is 14.8 Å². The van der Waals surface area contributed by atoms with E-state index in [1.807, 2.05) is 0 Å². The molecule has 0 aliphatic carbocycles. The normalized spacial score (nSPS) is 14.3. The van der Waals surface area contributed by atoms with Gasteiger partial charge in [0.1, 0.15) is 0 Å². The fourth-order valence-electron chi connectivity index (χ4n) is 2.70. The smallest absolute Gasteiger partial charge is 0.377 e. The molecule has 3 nitrogen and oxygen atoms in total. The SMILES string of the molecule is CCCCCCCCCCC([Si](Cl)(Cl)Cl)[Si](OC)(OC)OC. The summed E-state index contributed by atoms with van der Waals surface area (Å²) in [4.78, 5) is 0. The van der Waals surface area contributed by atoms with Crippen molar-refractivity contribution in [2.24, 2.45) is 0 Å². The van der Waals surface area contributed by atoms with Crippen molar-refractivity contribution in [2.45, 2.75) is 69.9 Å². The van der Waals surface area contributed by atoms with Crippen molar-refractivity contribution in [2.75, 3.05) is 21.3 Å². The number of halogens is 3. The quantitative estimate of drug-likeness (QED) is 0.201. The van der Waals surface area contributed by atoms with Crippen LogP contribution in [0.15, 0.2) is 0 Å². The molecule has 1 unspecified atom stereocenters. The van der Waals surface area contributed by atoms with Crippen molar-refractivity contribution in [1.29, 1.82) is 0 Å². The molecular formula is C14H31Cl3O3Si2. The van der Waals surface area contributed by atoms with E-state index in [2.05, 4.69) is 6.92 Å². The minimum atomic E-state index is -2.97. The summed E-state index contributed by atoms with van der Waals surface area (Å²) in [7, 11) is 1.82. The van der Waals surface area contributed by atoms with Crippen LogP contribution in [0, 0.1) is 0 Å². The van der Waals surface area contributed by atoms with Crippen LogP contribution in [-0.2, 0) is 13.3 Å². The fourth-order valence-corrected chi connectivity index (χ4v) is 12.4. The van der Waals surface area contributed by atoms with E-state index in [0.29, 0.717) is 0 Å². The minimum Gasteiger partial charge on any atom is -0.377 e. The lowest BCUT2D eigenvalue weighted by atomic mass is 10.1. The Morgan fingerprint density at radius 1 is 0.727 bits per heavy atom. The second kappa shape index (κ2) is 12.5. The monoisotopic (exact) mass is 408 g/mol. The molecule has 0 rings (SSSR count). The van der Waals surface area contributed by atoms with Gasteiger partial charge in [-0.3, -0.25) is 0 Å². The summed E-state index contributed by atoms with van der Waals surface area (Å²) in [5.41, 5.74) is 0. The summed E-state index contributed by atoms with van der Waals surface area (Å²) >= 11 is 18.8. The van der Waals surface area contributed by atoms with Gasteiger partial charge in [-0.15, -0.1) is 33.2 Å². The number of hydrogen-bond donors (Lipinski definition) is 0. The lowest BCUT2D eigenvalue weighted by Crippen LogP contribution is -2.53. The molecule has 0 aromatic rings. The van der Waals surface area contributed by atoms with Gasteiger partial charge in [0.15, 0.2) is 0 Å². The minimum absolute atomic E-state index is 0.218. The van der Waals surface area contributed by atoms with Gasteiger partial charge in [-0.1, -0.05) is 58.3 Å². The van der Waals surface area contributed by atoms with E-state index in [4.69, 9.17) is 46.5 Å². The van der Waals surface area contributed by atoms with Crippen molar-refractivity contribution >= 4 is 48.0 Å². The van der Waals surface area contributed by atoms with Gasteiger partial charge in [0.2, 0.25) is 0 Å². The molecule has 0 aromatic carbocycles. The molecule has 0 N–H and O–H groups in total. The third-order valence-electron chi connectivity index (χ3n) is 4.02. The Labute approximate surface area is 152 Å². The van der Waals surface area contributed by atoms with Crippen LogP contribution in [0.25, 0.3) is 0 Å². The first kappa shape index (κ1) is 23.2. The van der Waals surface area contributed by atoms with E-state index >= 15 is 0 Å². The third-order valence-corrected chi connectivity index (χ3v) is 14.3. The number of unbranched alkanes of at least 4 members (excludes halogenated alkanes) is 7. The van der Waals surface area contributed by atoms with Gasteiger partial charge in [-0.25, -0.2) is 0 Å². The van der Waals surface area contributed by atoms with Crippen LogP contribution in [0.1, 0.15) is 64.7 Å². The lowest BCUT2D eigenvalue weighted by molar-refractivity contribution is 0.118. The summed E-state index contributed by atoms with van der Waals surface area (Å²) in [6.07, 6.45) is 10.8. The van der Waals surface area contributed by atoms with Crippen LogP contribution >= 0.6 is 33.2 Å². The van der Waals surface area contributed by atoms with Crippen LogP contribution in [0.2, 0.25) is 5.16 Å². The molecule has 134 valence electrons. The van der Waals surface area contributed by atoms with Gasteiger partial charge in [-0.05, 0) is 6.42 Å². The van der Waals surface area contributed by atoms with E-state index in [-0.39, 0.29) is 5.16 Å². The molecular weight excluding hydrogens is 379 g/mol. The first-order valence-electron chi connectivity index (χ1n) is 8.10. The molecule has 0 aliphatic rings. The maximum atomic E-state index is 6.28. The zero-order valence-electron chi connectivity index (χ0n) is 14.3. The molecule has 0 heterocycles. The van der Waals surface area contributed by atoms with Gasteiger partial charge < -0.3 is 13.3 Å². The zero-order chi connectivity index (χ0) is 17.1. The van der Waals surface area contributed by atoms with Crippen LogP contribution in [0.3, 0.4) is 0 Å². The molecule has 0 spiro atoms. The van der Waals surface area contributed by atoms with Crippen LogP contribution in [-0.4, -0.2) is 36.1 Å². The molecule has 0 saturated heterocycles. The predicted octanol–water partition coefficient (Wildman–Crippen LogP) is 5.96. The van der Waals surface area contributed by atoms with E-state index in [0.717, 1.165) is 19.3 Å². The Morgan fingerprint density at radius 2 is 1.14 bits per heavy atom. The molecule has 0 amide bonds. The first-order valence-corrected chi connectivity index (χ1v) is 15.0. The Balaban J connectivity index is 4.29. The summed E-state index contributed by atoms with van der Waals surface area (Å²) < 4.78 is 16.6. The van der Waals surface area contributed by atoms with Crippen LogP contribution < -0.4 is 0 Å². The number of hydrogen-bond acceptors (Lipinski definition) is 3. The number of rotatable bonds is 14. The Kier molecular flexibility index (Phi) is 13.2. The van der Waals surface area contributed by atoms with E-state index in [9.17, 15) is 0 Å². The van der Waals surface area contributed by atoms with Crippen molar-refractivity contribution < 1.29 is 13.3 Å². The summed E-state index contributed by atoms with van der Waals surface area (Å²) in [5.74, 6) is 0. The van der Waals surface area contributed by atoms with Gasteiger partial charge in [0.05, 0.1) is 5.16 Å². The van der Waals surface area contributed by atoms with Crippen molar-refractivity contribution in [3.63, 3.8) is 0 Å². The standard InChI is InChI=1S/C14H31Cl3O3Si2/c1-5-6-7-8-9-10-11-12-13-14(21(15,16)17)22(18-2,19-3)20-4/h14H,5-13H2,1-4H3. The first-order chi connectivity index (χ1) is 10.4. The molecule has 0 aromatic heterocycles. The Morgan fingerprint density at radius 3 is 1.50 bits per heavy atom. The second-order valence-electron chi connectivity index (χ2n) is 5.57. The Bertz CT molecular complexity index is 266. The fraction of sp³-hybridized carbons (Fsp3) is 1.00. The summed E-state index contributed by atoms with van der Waals surface area (Å²) in [6, 6.07) is -2.97. The van der Waals surface area contributed by atoms with Crippen molar-refractivity contribution in [3.05, 3.63) is 0 Å². The third kappa shape index (κ3) is 8.33. The van der Waals surface area contributed by atoms with Crippen molar-refractivity contribution in [1.82, 2.24) is 0 Å².